The molecule has 2 rings (SSSR count). The fourth-order valence-corrected chi connectivity index (χ4v) is 10.3. The van der Waals surface area contributed by atoms with Gasteiger partial charge in [-0.15, -0.1) is 0 Å². The Bertz CT molecular complexity index is 2030. The van der Waals surface area contributed by atoms with Crippen molar-refractivity contribution in [2.75, 3.05) is 53.8 Å². The third-order valence-corrected chi connectivity index (χ3v) is 14.7. The Balaban J connectivity index is 2.26. The van der Waals surface area contributed by atoms with Gasteiger partial charge in [0, 0.05) is 40.0 Å². The normalized spacial score (nSPS) is 17.9. The Kier molecular flexibility index (Phi) is 25.3. The van der Waals surface area contributed by atoms with Crippen molar-refractivity contribution in [3.8, 4) is 0 Å². The van der Waals surface area contributed by atoms with E-state index in [1.807, 2.05) is 60.5 Å². The number of hydrogen-bond donors (Lipinski definition) is 8. The standard InChI is InChI=1S/C48H85N11O11S/c1-15-30(8)41(58(12)47(65)39(28(4)5)54-46(64)40(29(6)7)57(10)11)36(69-13)26-37(60)59-25-17-19-35(59)42(70-14)31(9)43(61)56-71(67,68)33-22-20-32(21-23-33)52-44(62)34(18-16-24-51-48(49)66)53-45(63)38(55-50)27(2)3/h20-23,27-31,34-36,38-42,55H,15-19,24-26,50H2,1-14H3,(H,52,62)(H,53,63)(H,54,64)(H,56,61)(H3,49,51,66)/t30-,31+,34-,35-,36+,38-,39-,40-,41-,42+/m0/s1. The first-order valence-corrected chi connectivity index (χ1v) is 26.0. The van der Waals surface area contributed by atoms with Gasteiger partial charge in [-0.05, 0) is 87.7 Å². The van der Waals surface area contributed by atoms with E-state index in [9.17, 15) is 42.0 Å². The van der Waals surface area contributed by atoms with Crippen LogP contribution in [0, 0.1) is 29.6 Å². The van der Waals surface area contributed by atoms with Crippen molar-refractivity contribution in [2.45, 2.75) is 154 Å². The highest BCUT2D eigenvalue weighted by molar-refractivity contribution is 7.90. The van der Waals surface area contributed by atoms with Crippen LogP contribution in [-0.2, 0) is 48.3 Å². The number of carbonyl (C=O) groups excluding carboxylic acids is 7. The van der Waals surface area contributed by atoms with Crippen LogP contribution in [0.5, 0.6) is 0 Å². The maximum atomic E-state index is 14.3. The molecule has 22 nitrogen and oxygen atoms in total. The highest BCUT2D eigenvalue weighted by Gasteiger charge is 2.44. The number of hydrazine groups is 1. The number of hydrogen-bond acceptors (Lipinski definition) is 14. The van der Waals surface area contributed by atoms with Crippen LogP contribution in [0.3, 0.4) is 0 Å². The lowest BCUT2D eigenvalue weighted by atomic mass is 9.89. The van der Waals surface area contributed by atoms with E-state index in [2.05, 4.69) is 31.4 Å². The first-order valence-electron chi connectivity index (χ1n) is 24.5. The van der Waals surface area contributed by atoms with Crippen molar-refractivity contribution in [3.05, 3.63) is 24.3 Å². The first-order chi connectivity index (χ1) is 33.2. The molecule has 0 spiro atoms. The number of likely N-dealkylation sites (N-methyl/N-ethyl adjacent to an activating group) is 2. The van der Waals surface area contributed by atoms with Crippen molar-refractivity contribution >= 4 is 57.2 Å². The number of rotatable bonds is 29. The van der Waals surface area contributed by atoms with Crippen LogP contribution in [0.25, 0.3) is 0 Å². The van der Waals surface area contributed by atoms with Crippen molar-refractivity contribution in [1.82, 2.24) is 40.8 Å². The van der Waals surface area contributed by atoms with Crippen molar-refractivity contribution in [1.29, 1.82) is 0 Å². The molecule has 0 unspecified atom stereocenters. The maximum absolute atomic E-state index is 14.3. The molecular weight excluding hydrogens is 939 g/mol. The third-order valence-electron chi connectivity index (χ3n) is 13.3. The summed E-state index contributed by atoms with van der Waals surface area (Å²) in [4.78, 5) is 98.2. The molecule has 10 atom stereocenters. The van der Waals surface area contributed by atoms with Gasteiger partial charge in [0.05, 0.1) is 47.6 Å². The van der Waals surface area contributed by atoms with Gasteiger partial charge in [-0.1, -0.05) is 68.7 Å². The SMILES string of the molecule is CC[C@H](C)[C@@H]([C@@H](CC(=O)N1CCC[C@H]1[C@H](OC)[C@@H](C)C(=O)NS(=O)(=O)c1ccc(NC(=O)[C@H](CCCNC(N)=O)NC(=O)[C@@H](NN)C(C)C)cc1)OC)N(C)C(=O)[C@@H](NC(=O)[C@H](C(C)C)N(C)C)C(C)C. The molecule has 404 valence electrons. The lowest BCUT2D eigenvalue weighted by Crippen LogP contribution is -2.59. The summed E-state index contributed by atoms with van der Waals surface area (Å²) in [5.74, 6) is 1.08. The highest BCUT2D eigenvalue weighted by atomic mass is 32.2. The van der Waals surface area contributed by atoms with Gasteiger partial charge < -0.3 is 46.3 Å². The molecule has 1 aliphatic rings. The van der Waals surface area contributed by atoms with Crippen molar-refractivity contribution < 1.29 is 51.5 Å². The number of nitrogens with two attached hydrogens (primary N) is 2. The van der Waals surface area contributed by atoms with Crippen molar-refractivity contribution in [3.63, 3.8) is 0 Å². The van der Waals surface area contributed by atoms with E-state index in [4.69, 9.17) is 21.1 Å². The summed E-state index contributed by atoms with van der Waals surface area (Å²) < 4.78 is 41.1. The number of methoxy groups -OCH3 is 2. The monoisotopic (exact) mass is 1020 g/mol. The number of benzene rings is 1. The number of nitrogens with zero attached hydrogens (tertiary/aromatic N) is 3. The molecule has 71 heavy (non-hydrogen) atoms. The average molecular weight is 1020 g/mol. The fraction of sp³-hybridized carbons (Fsp3) is 0.729. The molecule has 0 saturated carbocycles. The Morgan fingerprint density at radius 3 is 1.92 bits per heavy atom. The van der Waals surface area contributed by atoms with Gasteiger partial charge in [0.15, 0.2) is 0 Å². The molecule has 23 heteroatoms. The lowest BCUT2D eigenvalue weighted by molar-refractivity contribution is -0.148. The molecule has 0 radical (unpaired) electrons. The maximum Gasteiger partial charge on any atom is 0.312 e. The van der Waals surface area contributed by atoms with E-state index in [0.717, 1.165) is 0 Å². The Hall–Kier alpha value is -4.94. The van der Waals surface area contributed by atoms with Crippen LogP contribution in [0.4, 0.5) is 10.5 Å². The minimum absolute atomic E-state index is 0.00585. The number of carbonyl (C=O) groups is 7. The molecule has 0 aliphatic carbocycles. The van der Waals surface area contributed by atoms with Crippen LogP contribution < -0.4 is 43.0 Å². The molecule has 1 saturated heterocycles. The summed E-state index contributed by atoms with van der Waals surface area (Å²) >= 11 is 0. The van der Waals surface area contributed by atoms with E-state index in [1.54, 1.807) is 30.7 Å². The van der Waals surface area contributed by atoms with Gasteiger partial charge in [0.2, 0.25) is 35.4 Å². The number of ether oxygens (including phenoxy) is 2. The minimum Gasteiger partial charge on any atom is -0.379 e. The zero-order valence-corrected chi connectivity index (χ0v) is 45.2. The Morgan fingerprint density at radius 2 is 1.42 bits per heavy atom. The molecule has 0 aromatic heterocycles. The summed E-state index contributed by atoms with van der Waals surface area (Å²) in [6.07, 6.45) is 0.370. The summed E-state index contributed by atoms with van der Waals surface area (Å²) in [7, 11) is 3.75. The van der Waals surface area contributed by atoms with Gasteiger partial charge >= 0.3 is 6.03 Å². The number of primary amides is 1. The van der Waals surface area contributed by atoms with Crippen LogP contribution in [0.2, 0.25) is 0 Å². The van der Waals surface area contributed by atoms with E-state index in [-0.39, 0.29) is 77.8 Å². The molecule has 1 aliphatic heterocycles. The lowest BCUT2D eigenvalue weighted by Gasteiger charge is -2.41. The molecule has 1 aromatic rings. The predicted octanol–water partition coefficient (Wildman–Crippen LogP) is 1.50. The fourth-order valence-electron chi connectivity index (χ4n) is 9.26. The quantitative estimate of drug-likeness (QED) is 0.0321. The number of likely N-dealkylation sites (tertiary alicyclic amines) is 1. The second-order valence-electron chi connectivity index (χ2n) is 19.8. The second kappa shape index (κ2) is 28.9. The largest absolute Gasteiger partial charge is 0.379 e. The molecule has 1 fully saturated rings. The number of amides is 8. The zero-order valence-electron chi connectivity index (χ0n) is 44.4. The Morgan fingerprint density at radius 1 is 0.817 bits per heavy atom. The van der Waals surface area contributed by atoms with Crippen LogP contribution in [0.1, 0.15) is 101 Å². The van der Waals surface area contributed by atoms with Crippen LogP contribution in [0.15, 0.2) is 29.2 Å². The molecule has 0 bridgehead atoms. The van der Waals surface area contributed by atoms with E-state index in [0.29, 0.717) is 25.8 Å². The molecule has 10 N–H and O–H groups in total. The molecule has 1 heterocycles. The number of nitrogens with one attached hydrogen (secondary N) is 6. The van der Waals surface area contributed by atoms with E-state index < -0.39 is 88.2 Å². The predicted molar refractivity (Wildman–Crippen MR) is 270 cm³/mol. The smallest absolute Gasteiger partial charge is 0.312 e. The van der Waals surface area contributed by atoms with Crippen LogP contribution >= 0.6 is 0 Å². The third kappa shape index (κ3) is 17.7. The van der Waals surface area contributed by atoms with Crippen molar-refractivity contribution in [2.24, 2.45) is 41.2 Å². The molecule has 1 aromatic carbocycles. The first kappa shape index (κ1) is 62.2. The van der Waals surface area contributed by atoms with Crippen LogP contribution in [-0.4, -0.2) is 162 Å². The summed E-state index contributed by atoms with van der Waals surface area (Å²) in [5, 5.41) is 10.8. The van der Waals surface area contributed by atoms with Gasteiger partial charge in [0.25, 0.3) is 10.0 Å². The molecular formula is C48H85N11O11S. The Labute approximate surface area is 421 Å². The number of anilines is 1. The summed E-state index contributed by atoms with van der Waals surface area (Å²) in [6, 6.07) is 0.0103. The molecule has 8 amide bonds. The van der Waals surface area contributed by atoms with Gasteiger partial charge in [0.1, 0.15) is 18.1 Å². The topological polar surface area (TPSA) is 306 Å². The minimum atomic E-state index is -4.45. The second-order valence-corrected chi connectivity index (χ2v) is 21.5. The van der Waals surface area contributed by atoms with Gasteiger partial charge in [-0.3, -0.25) is 39.5 Å². The zero-order chi connectivity index (χ0) is 54.1. The summed E-state index contributed by atoms with van der Waals surface area (Å²) in [5.41, 5.74) is 7.77. The number of sulfonamides is 1. The van der Waals surface area contributed by atoms with E-state index in [1.165, 1.54) is 45.4 Å². The summed E-state index contributed by atoms with van der Waals surface area (Å²) in [6.45, 7) is 17.2. The van der Waals surface area contributed by atoms with E-state index >= 15 is 0 Å². The van der Waals surface area contributed by atoms with Gasteiger partial charge in [-0.25, -0.2) is 23.4 Å². The average Bonchev–Trinajstić information content (AvgIpc) is 3.78. The van der Waals surface area contributed by atoms with Gasteiger partial charge in [-0.2, -0.15) is 0 Å². The number of urea groups is 1. The highest BCUT2D eigenvalue weighted by Crippen LogP contribution is 2.30.